The molecule has 4 amide bonds. The lowest BCUT2D eigenvalue weighted by Crippen LogP contribution is -2.74. The van der Waals surface area contributed by atoms with Gasteiger partial charge in [-0.05, 0) is 85.8 Å². The zero-order valence-electron chi connectivity index (χ0n) is 32.0. The van der Waals surface area contributed by atoms with Crippen molar-refractivity contribution in [1.29, 1.82) is 5.26 Å². The van der Waals surface area contributed by atoms with Crippen molar-refractivity contribution in [3.8, 4) is 11.8 Å². The number of imide groups is 1. The van der Waals surface area contributed by atoms with Crippen LogP contribution in [0.1, 0.15) is 90.8 Å². The lowest BCUT2D eigenvalue weighted by Gasteiger charge is -2.63. The van der Waals surface area contributed by atoms with E-state index in [4.69, 9.17) is 16.3 Å². The van der Waals surface area contributed by atoms with E-state index in [9.17, 15) is 24.4 Å². The number of hydrogen-bond donors (Lipinski definition) is 2. The van der Waals surface area contributed by atoms with Gasteiger partial charge in [-0.1, -0.05) is 51.4 Å². The smallest absolute Gasteiger partial charge is 0.255 e. The summed E-state index contributed by atoms with van der Waals surface area (Å²) in [5.41, 5.74) is 4.28. The van der Waals surface area contributed by atoms with Gasteiger partial charge in [0.2, 0.25) is 11.8 Å². The van der Waals surface area contributed by atoms with Crippen LogP contribution in [0.25, 0.3) is 0 Å². The van der Waals surface area contributed by atoms with Crippen molar-refractivity contribution in [2.24, 2.45) is 10.8 Å². The van der Waals surface area contributed by atoms with Gasteiger partial charge in [0.15, 0.2) is 0 Å². The third kappa shape index (κ3) is 7.54. The van der Waals surface area contributed by atoms with Crippen molar-refractivity contribution in [2.75, 3.05) is 37.6 Å². The molecule has 0 spiro atoms. The van der Waals surface area contributed by atoms with Crippen LogP contribution in [0.2, 0.25) is 5.02 Å². The maximum atomic E-state index is 13.5. The minimum absolute atomic E-state index is 0.110. The zero-order valence-corrected chi connectivity index (χ0v) is 32.7. The highest BCUT2D eigenvalue weighted by atomic mass is 35.5. The summed E-state index contributed by atoms with van der Waals surface area (Å²) < 4.78 is 6.37. The third-order valence-electron chi connectivity index (χ3n) is 12.1. The number of fused-ring (bicyclic) bond motifs is 1. The van der Waals surface area contributed by atoms with E-state index in [0.29, 0.717) is 40.4 Å². The Morgan fingerprint density at radius 1 is 0.982 bits per heavy atom. The van der Waals surface area contributed by atoms with Gasteiger partial charge in [0.25, 0.3) is 11.8 Å². The second-order valence-corrected chi connectivity index (χ2v) is 16.9. The number of nitrogens with zero attached hydrogens (tertiary/aromatic N) is 4. The second kappa shape index (κ2) is 15.3. The van der Waals surface area contributed by atoms with Crippen LogP contribution >= 0.6 is 11.6 Å². The number of unbranched alkanes of at least 4 members (excludes halogenated alkanes) is 1. The highest BCUT2D eigenvalue weighted by Gasteiger charge is 2.64. The number of nitriles is 1. The van der Waals surface area contributed by atoms with Gasteiger partial charge in [-0.15, -0.1) is 0 Å². The number of carbonyl (C=O) groups excluding carboxylic acids is 4. The summed E-state index contributed by atoms with van der Waals surface area (Å²) >= 11 is 6.24. The van der Waals surface area contributed by atoms with Crippen LogP contribution in [0.5, 0.6) is 5.75 Å². The molecule has 55 heavy (non-hydrogen) atoms. The van der Waals surface area contributed by atoms with Crippen molar-refractivity contribution < 1.29 is 23.9 Å². The van der Waals surface area contributed by atoms with E-state index in [-0.39, 0.29) is 53.0 Å². The van der Waals surface area contributed by atoms with Gasteiger partial charge < -0.3 is 19.9 Å². The number of rotatable bonds is 11. The average molecular weight is 765 g/mol. The molecule has 2 N–H and O–H groups in total. The van der Waals surface area contributed by atoms with E-state index < -0.39 is 6.04 Å². The topological polar surface area (TPSA) is 135 Å². The molecule has 0 bridgehead atoms. The number of hydrogen-bond acceptors (Lipinski definition) is 8. The van der Waals surface area contributed by atoms with Crippen molar-refractivity contribution in [3.05, 3.63) is 93.5 Å². The third-order valence-corrected chi connectivity index (χ3v) is 12.5. The predicted octanol–water partition coefficient (Wildman–Crippen LogP) is 5.73. The number of nitrogens with one attached hydrogen (secondary N) is 2. The van der Waals surface area contributed by atoms with Crippen LogP contribution in [0.4, 0.5) is 5.69 Å². The summed E-state index contributed by atoms with van der Waals surface area (Å²) in [6.07, 6.45) is 3.36. The highest BCUT2D eigenvalue weighted by molar-refractivity contribution is 6.31. The SMILES string of the molecule is CC1(C)[C@H](NC(=O)c2ccc(N3CCN(CCCCc4cccc5c4CN(C4CCC(=O)NC4=O)C5=O)CC3)cc2)C(C)(C)[C@H]1Oc1ccc(C#N)c(Cl)c1. The largest absolute Gasteiger partial charge is 0.489 e. The Hall–Kier alpha value is -4.92. The number of amides is 4. The fourth-order valence-corrected chi connectivity index (χ4v) is 9.61. The number of benzene rings is 3. The molecule has 288 valence electrons. The first-order valence-corrected chi connectivity index (χ1v) is 19.7. The number of carbonyl (C=O) groups is 4. The molecule has 3 heterocycles. The number of anilines is 1. The normalized spacial score (nSPS) is 23.1. The fraction of sp³-hybridized carbons (Fsp3) is 0.465. The molecule has 1 saturated carbocycles. The van der Waals surface area contributed by atoms with Crippen LogP contribution in [-0.4, -0.2) is 84.3 Å². The molecule has 3 aromatic carbocycles. The minimum atomic E-state index is -0.599. The van der Waals surface area contributed by atoms with Gasteiger partial charge in [0, 0.05) is 78.9 Å². The molecule has 3 fully saturated rings. The van der Waals surface area contributed by atoms with Gasteiger partial charge in [0.05, 0.1) is 10.6 Å². The lowest BCUT2D eigenvalue weighted by atomic mass is 9.49. The Balaban J connectivity index is 0.853. The van der Waals surface area contributed by atoms with Crippen LogP contribution in [0, 0.1) is 22.2 Å². The first kappa shape index (κ1) is 38.4. The van der Waals surface area contributed by atoms with Gasteiger partial charge in [-0.2, -0.15) is 5.26 Å². The minimum Gasteiger partial charge on any atom is -0.489 e. The zero-order chi connectivity index (χ0) is 39.1. The summed E-state index contributed by atoms with van der Waals surface area (Å²) in [7, 11) is 0. The maximum absolute atomic E-state index is 13.5. The number of ether oxygens (including phenoxy) is 1. The Morgan fingerprint density at radius 2 is 1.71 bits per heavy atom. The first-order chi connectivity index (χ1) is 26.3. The Labute approximate surface area is 327 Å². The first-order valence-electron chi connectivity index (χ1n) is 19.3. The Kier molecular flexibility index (Phi) is 10.7. The summed E-state index contributed by atoms with van der Waals surface area (Å²) in [5.74, 6) is -0.299. The molecule has 3 aromatic rings. The van der Waals surface area contributed by atoms with Gasteiger partial charge in [0.1, 0.15) is 24.0 Å². The summed E-state index contributed by atoms with van der Waals surface area (Å²) in [6.45, 7) is 13.5. The fourth-order valence-electron chi connectivity index (χ4n) is 9.40. The molecule has 4 aliphatic rings. The van der Waals surface area contributed by atoms with E-state index in [0.717, 1.165) is 68.8 Å². The number of piperidine rings is 1. The molecule has 12 heteroatoms. The quantitative estimate of drug-likeness (QED) is 0.187. The molecule has 2 saturated heterocycles. The van der Waals surface area contributed by atoms with Crippen LogP contribution in [0.15, 0.2) is 60.7 Å². The molecule has 1 unspecified atom stereocenters. The van der Waals surface area contributed by atoms with E-state index in [1.165, 1.54) is 0 Å². The number of halogens is 1. The standard InChI is InChI=1S/C43H49ClN6O5/c1-42(2)40(43(3,4)41(42)55-31-16-13-29(25-45)34(44)24-31)47-37(52)28-11-14-30(15-12-28)49-22-20-48(21-23-49)19-6-5-8-27-9-7-10-32-33(27)26-50(39(32)54)35-17-18-36(51)46-38(35)53/h7,9-16,24,35,40-41H,5-6,8,17-23,26H2,1-4H3,(H,47,52)(H,46,51,53)/t35?,40-,41-. The monoisotopic (exact) mass is 764 g/mol. The molecule has 1 atom stereocenters. The second-order valence-electron chi connectivity index (χ2n) is 16.5. The number of piperazine rings is 1. The Morgan fingerprint density at radius 3 is 2.38 bits per heavy atom. The molecular weight excluding hydrogens is 716 g/mol. The average Bonchev–Trinajstić information content (AvgIpc) is 3.50. The van der Waals surface area contributed by atoms with Crippen molar-refractivity contribution in [3.63, 3.8) is 0 Å². The Bertz CT molecular complexity index is 2020. The van der Waals surface area contributed by atoms with Crippen LogP contribution in [-0.2, 0) is 22.6 Å². The van der Waals surface area contributed by atoms with Crippen LogP contribution in [0.3, 0.4) is 0 Å². The molecular formula is C43H49ClN6O5. The number of aryl methyl sites for hydroxylation is 1. The van der Waals surface area contributed by atoms with Gasteiger partial charge >= 0.3 is 0 Å². The molecule has 11 nitrogen and oxygen atoms in total. The molecule has 0 radical (unpaired) electrons. The molecule has 1 aliphatic carbocycles. The van der Waals surface area contributed by atoms with Crippen LogP contribution < -0.4 is 20.3 Å². The predicted molar refractivity (Wildman–Crippen MR) is 210 cm³/mol. The lowest BCUT2D eigenvalue weighted by molar-refractivity contribution is -0.164. The summed E-state index contributed by atoms with van der Waals surface area (Å²) in [6, 6.07) is 20.2. The summed E-state index contributed by atoms with van der Waals surface area (Å²) in [4.78, 5) is 57.2. The van der Waals surface area contributed by atoms with E-state index >= 15 is 0 Å². The van der Waals surface area contributed by atoms with E-state index in [2.05, 4.69) is 60.3 Å². The van der Waals surface area contributed by atoms with Crippen molar-refractivity contribution >= 4 is 40.9 Å². The van der Waals surface area contributed by atoms with Crippen molar-refractivity contribution in [1.82, 2.24) is 20.4 Å². The van der Waals surface area contributed by atoms with Gasteiger partial charge in [-0.25, -0.2) is 0 Å². The van der Waals surface area contributed by atoms with Gasteiger partial charge in [-0.3, -0.25) is 29.4 Å². The van der Waals surface area contributed by atoms with E-state index in [1.54, 1.807) is 23.1 Å². The summed E-state index contributed by atoms with van der Waals surface area (Å²) in [5, 5.41) is 15.2. The molecule has 3 aliphatic heterocycles. The molecule has 7 rings (SSSR count). The molecule has 0 aromatic heterocycles. The van der Waals surface area contributed by atoms with Crippen molar-refractivity contribution in [2.45, 2.75) is 84.5 Å². The maximum Gasteiger partial charge on any atom is 0.255 e. The van der Waals surface area contributed by atoms with E-state index in [1.807, 2.05) is 36.4 Å². The highest BCUT2D eigenvalue weighted by Crippen LogP contribution is 2.55.